The van der Waals surface area contributed by atoms with Crippen LogP contribution in [0.3, 0.4) is 0 Å². The quantitative estimate of drug-likeness (QED) is 0.745. The van der Waals surface area contributed by atoms with E-state index in [0.717, 1.165) is 45.4 Å². The minimum atomic E-state index is -0.108. The largest absolute Gasteiger partial charge is 0.466 e. The van der Waals surface area contributed by atoms with Crippen LogP contribution in [0.2, 0.25) is 0 Å². The smallest absolute Gasteiger partial charge is 0.309 e. The summed E-state index contributed by atoms with van der Waals surface area (Å²) in [5.41, 5.74) is 0. The molecule has 1 N–H and O–H groups in total. The van der Waals surface area contributed by atoms with Gasteiger partial charge in [-0.25, -0.2) is 0 Å². The summed E-state index contributed by atoms with van der Waals surface area (Å²) in [6.07, 6.45) is 2.55. The second-order valence-corrected chi connectivity index (χ2v) is 5.79. The number of likely N-dealkylation sites (tertiary alicyclic amines) is 1. The highest BCUT2D eigenvalue weighted by atomic mass is 16.5. The van der Waals surface area contributed by atoms with Gasteiger partial charge in [-0.2, -0.15) is 0 Å². The van der Waals surface area contributed by atoms with E-state index in [0.29, 0.717) is 26.2 Å². The van der Waals surface area contributed by atoms with Gasteiger partial charge in [0, 0.05) is 26.2 Å². The predicted octanol–water partition coefficient (Wildman–Crippen LogP) is 0.0834. The first-order valence-corrected chi connectivity index (χ1v) is 8.08. The fourth-order valence-corrected chi connectivity index (χ4v) is 2.98. The molecule has 6 heteroatoms. The van der Waals surface area contributed by atoms with E-state index in [1.807, 2.05) is 11.8 Å². The second-order valence-electron chi connectivity index (χ2n) is 5.79. The number of hydrogen-bond acceptors (Lipinski definition) is 5. The highest BCUT2D eigenvalue weighted by molar-refractivity contribution is 5.79. The molecular formula is C15H27N3O3. The highest BCUT2D eigenvalue weighted by Crippen LogP contribution is 2.19. The van der Waals surface area contributed by atoms with E-state index in [-0.39, 0.29) is 17.8 Å². The first kappa shape index (κ1) is 16.2. The molecule has 0 aromatic rings. The SMILES string of the molecule is CCOC(=O)C1CCN(C(=O)CN2CCCNCC2)CC1. The van der Waals surface area contributed by atoms with Gasteiger partial charge in [-0.05, 0) is 39.3 Å². The van der Waals surface area contributed by atoms with E-state index in [1.165, 1.54) is 0 Å². The summed E-state index contributed by atoms with van der Waals surface area (Å²) >= 11 is 0. The van der Waals surface area contributed by atoms with Crippen LogP contribution in [0.25, 0.3) is 0 Å². The van der Waals surface area contributed by atoms with Crippen molar-refractivity contribution >= 4 is 11.9 Å². The van der Waals surface area contributed by atoms with Crippen molar-refractivity contribution in [3.05, 3.63) is 0 Å². The van der Waals surface area contributed by atoms with E-state index in [1.54, 1.807) is 0 Å². The molecule has 0 radical (unpaired) electrons. The van der Waals surface area contributed by atoms with Crippen molar-refractivity contribution in [2.24, 2.45) is 5.92 Å². The van der Waals surface area contributed by atoms with Crippen LogP contribution in [-0.4, -0.2) is 74.1 Å². The number of esters is 1. The first-order valence-electron chi connectivity index (χ1n) is 8.08. The van der Waals surface area contributed by atoms with E-state index < -0.39 is 0 Å². The minimum absolute atomic E-state index is 0.0311. The molecule has 0 unspecified atom stereocenters. The highest BCUT2D eigenvalue weighted by Gasteiger charge is 2.28. The molecular weight excluding hydrogens is 270 g/mol. The lowest BCUT2D eigenvalue weighted by molar-refractivity contribution is -0.151. The summed E-state index contributed by atoms with van der Waals surface area (Å²) in [6.45, 7) is 8.03. The molecule has 0 atom stereocenters. The Bertz CT molecular complexity index is 346. The van der Waals surface area contributed by atoms with Crippen molar-refractivity contribution in [1.82, 2.24) is 15.1 Å². The van der Waals surface area contributed by atoms with Crippen molar-refractivity contribution in [2.45, 2.75) is 26.2 Å². The number of hydrogen-bond donors (Lipinski definition) is 1. The molecule has 2 fully saturated rings. The van der Waals surface area contributed by atoms with Crippen LogP contribution < -0.4 is 5.32 Å². The van der Waals surface area contributed by atoms with Gasteiger partial charge < -0.3 is 15.0 Å². The molecule has 0 bridgehead atoms. The summed E-state index contributed by atoms with van der Waals surface area (Å²) in [4.78, 5) is 28.1. The van der Waals surface area contributed by atoms with Crippen LogP contribution in [0, 0.1) is 5.92 Å². The third kappa shape index (κ3) is 4.97. The van der Waals surface area contributed by atoms with E-state index >= 15 is 0 Å². The third-order valence-electron chi connectivity index (χ3n) is 4.26. The molecule has 1 amide bonds. The lowest BCUT2D eigenvalue weighted by Crippen LogP contribution is -2.45. The Hall–Kier alpha value is -1.14. The van der Waals surface area contributed by atoms with Crippen molar-refractivity contribution in [3.63, 3.8) is 0 Å². The van der Waals surface area contributed by atoms with Gasteiger partial charge in [-0.1, -0.05) is 0 Å². The molecule has 0 aromatic heterocycles. The summed E-state index contributed by atoms with van der Waals surface area (Å²) in [5.74, 6) is 0.0544. The topological polar surface area (TPSA) is 61.9 Å². The van der Waals surface area contributed by atoms with E-state index in [2.05, 4.69) is 10.2 Å². The molecule has 0 saturated carbocycles. The molecule has 21 heavy (non-hydrogen) atoms. The number of amides is 1. The Morgan fingerprint density at radius 2 is 1.90 bits per heavy atom. The van der Waals surface area contributed by atoms with Gasteiger partial charge in [0.05, 0.1) is 19.1 Å². The normalized spacial score (nSPS) is 21.9. The fraction of sp³-hybridized carbons (Fsp3) is 0.867. The van der Waals surface area contributed by atoms with Crippen LogP contribution in [0.5, 0.6) is 0 Å². The first-order chi connectivity index (χ1) is 10.2. The molecule has 2 aliphatic rings. The summed E-state index contributed by atoms with van der Waals surface area (Å²) in [5, 5.41) is 3.34. The van der Waals surface area contributed by atoms with Gasteiger partial charge in [0.25, 0.3) is 0 Å². The Kier molecular flexibility index (Phi) is 6.45. The summed E-state index contributed by atoms with van der Waals surface area (Å²) in [6, 6.07) is 0. The number of piperidine rings is 1. The monoisotopic (exact) mass is 297 g/mol. The van der Waals surface area contributed by atoms with Crippen LogP contribution in [0.1, 0.15) is 26.2 Å². The number of rotatable bonds is 4. The van der Waals surface area contributed by atoms with Crippen LogP contribution >= 0.6 is 0 Å². The molecule has 0 aliphatic carbocycles. The average molecular weight is 297 g/mol. The maximum atomic E-state index is 12.3. The Morgan fingerprint density at radius 1 is 1.14 bits per heavy atom. The average Bonchev–Trinajstić information content (AvgIpc) is 2.76. The van der Waals surface area contributed by atoms with Gasteiger partial charge in [-0.15, -0.1) is 0 Å². The molecule has 6 nitrogen and oxygen atoms in total. The lowest BCUT2D eigenvalue weighted by Gasteiger charge is -2.32. The van der Waals surface area contributed by atoms with Gasteiger partial charge in [0.1, 0.15) is 0 Å². The predicted molar refractivity (Wildman–Crippen MR) is 79.9 cm³/mol. The Morgan fingerprint density at radius 3 is 2.62 bits per heavy atom. The molecule has 2 heterocycles. The molecule has 2 aliphatic heterocycles. The number of ether oxygens (including phenoxy) is 1. The Labute approximate surface area is 126 Å². The second kappa shape index (κ2) is 8.34. The zero-order valence-electron chi connectivity index (χ0n) is 13.0. The zero-order valence-corrected chi connectivity index (χ0v) is 13.0. The summed E-state index contributed by atoms with van der Waals surface area (Å²) < 4.78 is 5.05. The standard InChI is InChI=1S/C15H27N3O3/c1-2-21-15(20)13-4-9-18(10-5-13)14(19)12-17-8-3-6-16-7-11-17/h13,16H,2-12H2,1H3. The van der Waals surface area contributed by atoms with Gasteiger partial charge in [0.15, 0.2) is 0 Å². The molecule has 2 rings (SSSR count). The van der Waals surface area contributed by atoms with Crippen molar-refractivity contribution < 1.29 is 14.3 Å². The van der Waals surface area contributed by atoms with Crippen LogP contribution in [-0.2, 0) is 14.3 Å². The molecule has 0 spiro atoms. The van der Waals surface area contributed by atoms with Gasteiger partial charge >= 0.3 is 5.97 Å². The molecule has 0 aromatic carbocycles. The molecule has 120 valence electrons. The van der Waals surface area contributed by atoms with Gasteiger partial charge in [0.2, 0.25) is 5.91 Å². The Balaban J connectivity index is 1.73. The summed E-state index contributed by atoms with van der Waals surface area (Å²) in [7, 11) is 0. The van der Waals surface area contributed by atoms with Gasteiger partial charge in [-0.3, -0.25) is 14.5 Å². The van der Waals surface area contributed by atoms with Crippen molar-refractivity contribution in [1.29, 1.82) is 0 Å². The zero-order chi connectivity index (χ0) is 15.1. The van der Waals surface area contributed by atoms with Crippen LogP contribution in [0.15, 0.2) is 0 Å². The lowest BCUT2D eigenvalue weighted by atomic mass is 9.97. The minimum Gasteiger partial charge on any atom is -0.466 e. The molecule has 2 saturated heterocycles. The van der Waals surface area contributed by atoms with Crippen LogP contribution in [0.4, 0.5) is 0 Å². The van der Waals surface area contributed by atoms with Crippen molar-refractivity contribution in [3.8, 4) is 0 Å². The van der Waals surface area contributed by atoms with E-state index in [4.69, 9.17) is 4.74 Å². The number of carbonyl (C=O) groups is 2. The maximum Gasteiger partial charge on any atom is 0.309 e. The third-order valence-corrected chi connectivity index (χ3v) is 4.26. The fourth-order valence-electron chi connectivity index (χ4n) is 2.98. The van der Waals surface area contributed by atoms with E-state index in [9.17, 15) is 9.59 Å². The van der Waals surface area contributed by atoms with Crippen molar-refractivity contribution in [2.75, 3.05) is 52.4 Å². The number of carbonyl (C=O) groups excluding carboxylic acids is 2. The number of nitrogens with zero attached hydrogens (tertiary/aromatic N) is 2. The number of nitrogens with one attached hydrogen (secondary N) is 1. The maximum absolute atomic E-state index is 12.3.